The number of nitrogens with zero attached hydrogens (tertiary/aromatic N) is 1. The van der Waals surface area contributed by atoms with Gasteiger partial charge in [-0.3, -0.25) is 4.99 Å². The van der Waals surface area contributed by atoms with Crippen molar-refractivity contribution in [3.05, 3.63) is 0 Å². The van der Waals surface area contributed by atoms with Crippen molar-refractivity contribution in [1.82, 2.24) is 0 Å². The number of rotatable bonds is 7. The molecule has 0 aliphatic heterocycles. The fraction of sp³-hybridized carbons (Fsp3) is 0.875. The zero-order valence-electron chi connectivity index (χ0n) is 7.30. The molecule has 0 aliphatic carbocycles. The van der Waals surface area contributed by atoms with E-state index >= 15 is 0 Å². The quantitative estimate of drug-likeness (QED) is 0.186. The topological polar surface area (TPSA) is 38.4 Å². The van der Waals surface area contributed by atoms with Crippen LogP contribution in [0.1, 0.15) is 25.7 Å². The molecule has 0 atom stereocenters. The Morgan fingerprint density at radius 1 is 1.33 bits per heavy atom. The minimum Gasteiger partial charge on any atom is -0.387 e. The van der Waals surface area contributed by atoms with E-state index in [1.165, 1.54) is 10.8 Å². The maximum Gasteiger partial charge on any atom is 0.0937 e. The molecule has 4 heteroatoms. The molecule has 0 aromatic carbocycles. The van der Waals surface area contributed by atoms with Crippen LogP contribution in [0.3, 0.4) is 0 Å². The van der Waals surface area contributed by atoms with E-state index in [4.69, 9.17) is 5.73 Å². The van der Waals surface area contributed by atoms with Gasteiger partial charge in [0.1, 0.15) is 0 Å². The first kappa shape index (κ1) is 12.6. The zero-order valence-corrected chi connectivity index (χ0v) is 10.4. The fourth-order valence-electron chi connectivity index (χ4n) is 0.768. The van der Waals surface area contributed by atoms with Crippen molar-refractivity contribution < 1.29 is 0 Å². The van der Waals surface area contributed by atoms with Crippen molar-refractivity contribution in [2.75, 3.05) is 16.7 Å². The summed E-state index contributed by atoms with van der Waals surface area (Å²) in [6, 6.07) is 0. The van der Waals surface area contributed by atoms with Gasteiger partial charge in [0.05, 0.1) is 5.84 Å². The summed E-state index contributed by atoms with van der Waals surface area (Å²) in [7, 11) is 0. The molecule has 0 aromatic heterocycles. The average Bonchev–Trinajstić information content (AvgIpc) is 2.09. The molecular formula is C8H17IN2S. The second-order valence-corrected chi connectivity index (χ2v) is 4.12. The lowest BCUT2D eigenvalue weighted by molar-refractivity contribution is 0.816. The van der Waals surface area contributed by atoms with Crippen molar-refractivity contribution in [2.24, 2.45) is 10.7 Å². The highest BCUT2D eigenvalue weighted by molar-refractivity contribution is 14.1. The molecule has 0 rings (SSSR count). The molecule has 0 aromatic rings. The van der Waals surface area contributed by atoms with Crippen molar-refractivity contribution in [3.8, 4) is 0 Å². The van der Waals surface area contributed by atoms with Gasteiger partial charge in [0.2, 0.25) is 0 Å². The van der Waals surface area contributed by atoms with E-state index in [1.807, 2.05) is 0 Å². The van der Waals surface area contributed by atoms with E-state index < -0.39 is 0 Å². The van der Waals surface area contributed by atoms with Crippen molar-refractivity contribution in [1.29, 1.82) is 0 Å². The van der Waals surface area contributed by atoms with Gasteiger partial charge < -0.3 is 5.73 Å². The molecule has 0 amide bonds. The van der Waals surface area contributed by atoms with Crippen molar-refractivity contribution in [3.63, 3.8) is 0 Å². The predicted molar refractivity (Wildman–Crippen MR) is 67.7 cm³/mol. The van der Waals surface area contributed by atoms with E-state index in [0.29, 0.717) is 0 Å². The third-order valence-electron chi connectivity index (χ3n) is 1.45. The summed E-state index contributed by atoms with van der Waals surface area (Å²) in [5, 5.41) is 0. The number of amidine groups is 1. The first-order chi connectivity index (χ1) is 5.81. The summed E-state index contributed by atoms with van der Waals surface area (Å²) in [5.41, 5.74) is 5.66. The van der Waals surface area contributed by atoms with Gasteiger partial charge in [0, 0.05) is 13.0 Å². The van der Waals surface area contributed by atoms with E-state index in [2.05, 4.69) is 40.2 Å². The molecule has 0 unspecified atom stereocenters. The maximum atomic E-state index is 5.66. The fourth-order valence-corrected chi connectivity index (χ4v) is 1.47. The minimum atomic E-state index is 0.789. The molecule has 0 spiro atoms. The molecule has 0 saturated carbocycles. The number of alkyl halides is 1. The van der Waals surface area contributed by atoms with Crippen LogP contribution in [0.25, 0.3) is 0 Å². The highest BCUT2D eigenvalue weighted by Crippen LogP contribution is 1.96. The first-order valence-corrected chi connectivity index (χ1v) is 6.42. The number of unbranched alkanes of at least 4 members (excludes halogenated alkanes) is 1. The Kier molecular flexibility index (Phi) is 10.1. The molecule has 0 radical (unpaired) electrons. The molecule has 72 valence electrons. The van der Waals surface area contributed by atoms with Crippen LogP contribution in [-0.2, 0) is 0 Å². The van der Waals surface area contributed by atoms with Crippen LogP contribution >= 0.6 is 35.2 Å². The average molecular weight is 300 g/mol. The van der Waals surface area contributed by atoms with E-state index in [0.717, 1.165) is 37.4 Å². The third kappa shape index (κ3) is 8.64. The summed E-state index contributed by atoms with van der Waals surface area (Å²) >= 11 is 6.49. The normalized spacial score (nSPS) is 12.0. The molecule has 2 nitrogen and oxygen atoms in total. The van der Waals surface area contributed by atoms with Gasteiger partial charge in [0.25, 0.3) is 0 Å². The van der Waals surface area contributed by atoms with Gasteiger partial charge >= 0.3 is 0 Å². The lowest BCUT2D eigenvalue weighted by Gasteiger charge is -1.98. The van der Waals surface area contributed by atoms with Gasteiger partial charge in [-0.15, -0.1) is 0 Å². The number of hydrogen-bond donors (Lipinski definition) is 2. The second kappa shape index (κ2) is 9.64. The summed E-state index contributed by atoms with van der Waals surface area (Å²) < 4.78 is 1.21. The lowest BCUT2D eigenvalue weighted by atomic mass is 10.3. The maximum absolute atomic E-state index is 5.66. The SMILES string of the molecule is NC(CCCS)=NCCCCI. The van der Waals surface area contributed by atoms with Gasteiger partial charge in [0.15, 0.2) is 0 Å². The largest absolute Gasteiger partial charge is 0.387 e. The molecular weight excluding hydrogens is 283 g/mol. The van der Waals surface area contributed by atoms with Gasteiger partial charge in [-0.05, 0) is 29.4 Å². The third-order valence-corrected chi connectivity index (χ3v) is 2.53. The number of halogens is 1. The molecule has 0 bridgehead atoms. The minimum absolute atomic E-state index is 0.789. The lowest BCUT2D eigenvalue weighted by Crippen LogP contribution is -2.12. The van der Waals surface area contributed by atoms with Crippen LogP contribution in [0.15, 0.2) is 4.99 Å². The Hall–Kier alpha value is 0.550. The predicted octanol–water partition coefficient (Wildman–Crippen LogP) is 2.27. The smallest absolute Gasteiger partial charge is 0.0937 e. The summed E-state index contributed by atoms with van der Waals surface area (Å²) in [4.78, 5) is 4.26. The van der Waals surface area contributed by atoms with Crippen LogP contribution < -0.4 is 5.73 Å². The number of thiol groups is 1. The summed E-state index contributed by atoms with van der Waals surface area (Å²) in [6.07, 6.45) is 4.33. The van der Waals surface area contributed by atoms with Crippen molar-refractivity contribution >= 4 is 41.1 Å². The van der Waals surface area contributed by atoms with Gasteiger partial charge in [-0.1, -0.05) is 22.6 Å². The zero-order chi connectivity index (χ0) is 9.23. The number of aliphatic imine (C=N–C) groups is 1. The van der Waals surface area contributed by atoms with Crippen LogP contribution in [0, 0.1) is 0 Å². The van der Waals surface area contributed by atoms with E-state index in [1.54, 1.807) is 0 Å². The van der Waals surface area contributed by atoms with Crippen LogP contribution in [0.2, 0.25) is 0 Å². The number of nitrogens with two attached hydrogens (primary N) is 1. The number of hydrogen-bond acceptors (Lipinski definition) is 2. The Morgan fingerprint density at radius 2 is 2.08 bits per heavy atom. The Morgan fingerprint density at radius 3 is 2.67 bits per heavy atom. The van der Waals surface area contributed by atoms with Crippen LogP contribution in [-0.4, -0.2) is 22.6 Å². The molecule has 0 heterocycles. The monoisotopic (exact) mass is 300 g/mol. The summed E-state index contributed by atoms with van der Waals surface area (Å²) in [5.74, 6) is 1.68. The molecule has 0 aliphatic rings. The van der Waals surface area contributed by atoms with E-state index in [-0.39, 0.29) is 0 Å². The molecule has 2 N–H and O–H groups in total. The van der Waals surface area contributed by atoms with Gasteiger partial charge in [-0.2, -0.15) is 12.6 Å². The molecule has 12 heavy (non-hydrogen) atoms. The first-order valence-electron chi connectivity index (χ1n) is 4.27. The second-order valence-electron chi connectivity index (χ2n) is 2.60. The highest BCUT2D eigenvalue weighted by atomic mass is 127. The molecule has 0 fully saturated rings. The standard InChI is InChI=1S/C8H17IN2S/c9-5-1-2-6-11-8(10)4-3-7-12/h12H,1-7H2,(H2,10,11). The van der Waals surface area contributed by atoms with Crippen molar-refractivity contribution in [2.45, 2.75) is 25.7 Å². The Labute approximate surface area is 93.9 Å². The Balaban J connectivity index is 3.28. The van der Waals surface area contributed by atoms with Gasteiger partial charge in [-0.25, -0.2) is 0 Å². The van der Waals surface area contributed by atoms with Crippen LogP contribution in [0.5, 0.6) is 0 Å². The molecule has 0 saturated heterocycles. The Bertz CT molecular complexity index is 128. The van der Waals surface area contributed by atoms with E-state index in [9.17, 15) is 0 Å². The summed E-state index contributed by atoms with van der Waals surface area (Å²) in [6.45, 7) is 0.890. The van der Waals surface area contributed by atoms with Crippen LogP contribution in [0.4, 0.5) is 0 Å². The highest BCUT2D eigenvalue weighted by Gasteiger charge is 1.91.